The second kappa shape index (κ2) is 5.08. The highest BCUT2D eigenvalue weighted by molar-refractivity contribution is 9.10. The van der Waals surface area contributed by atoms with Gasteiger partial charge in [-0.1, -0.05) is 15.9 Å². The van der Waals surface area contributed by atoms with Crippen molar-refractivity contribution >= 4 is 21.7 Å². The van der Waals surface area contributed by atoms with Crippen molar-refractivity contribution in [3.8, 4) is 11.5 Å². The molecule has 0 radical (unpaired) electrons. The third-order valence-corrected chi connectivity index (χ3v) is 3.94. The Morgan fingerprint density at radius 2 is 1.88 bits per heavy atom. The number of hydrogen-bond acceptors (Lipinski definition) is 3. The van der Waals surface area contributed by atoms with Crippen molar-refractivity contribution in [2.75, 3.05) is 14.2 Å². The Kier molecular flexibility index (Phi) is 3.72. The Morgan fingerprint density at radius 3 is 2.53 bits per heavy atom. The number of halogens is 1. The third kappa shape index (κ3) is 2.32. The summed E-state index contributed by atoms with van der Waals surface area (Å²) in [6.07, 6.45) is 2.78. The molecule has 2 rings (SSSR count). The van der Waals surface area contributed by atoms with Crippen molar-refractivity contribution < 1.29 is 14.3 Å². The van der Waals surface area contributed by atoms with Gasteiger partial charge in [0.1, 0.15) is 0 Å². The molecule has 0 bridgehead atoms. The van der Waals surface area contributed by atoms with E-state index in [-0.39, 0.29) is 10.6 Å². The van der Waals surface area contributed by atoms with Crippen LogP contribution in [0.3, 0.4) is 0 Å². The number of fused-ring (bicyclic) bond motifs is 1. The number of carbonyl (C=O) groups is 1. The molecule has 1 aromatic rings. The average molecular weight is 299 g/mol. The summed E-state index contributed by atoms with van der Waals surface area (Å²) in [5.74, 6) is 1.44. The van der Waals surface area contributed by atoms with Gasteiger partial charge in [0.15, 0.2) is 17.3 Å². The molecular weight excluding hydrogens is 284 g/mol. The lowest BCUT2D eigenvalue weighted by atomic mass is 10.0. The Bertz CT molecular complexity index is 443. The maximum atomic E-state index is 12.2. The van der Waals surface area contributed by atoms with Crippen molar-refractivity contribution in [3.05, 3.63) is 23.3 Å². The Hall–Kier alpha value is -1.03. The van der Waals surface area contributed by atoms with Crippen LogP contribution in [0.25, 0.3) is 0 Å². The summed E-state index contributed by atoms with van der Waals surface area (Å²) in [5.41, 5.74) is 1.80. The molecule has 0 aliphatic heterocycles. The summed E-state index contributed by atoms with van der Waals surface area (Å²) in [5, 5.41) is 0. The Balaban J connectivity index is 2.53. The summed E-state index contributed by atoms with van der Waals surface area (Å²) in [6.45, 7) is 0. The number of methoxy groups -OCH3 is 2. The fourth-order valence-corrected chi connectivity index (χ4v) is 2.70. The fourth-order valence-electron chi connectivity index (χ4n) is 2.13. The number of alkyl halides is 1. The predicted molar refractivity (Wildman–Crippen MR) is 69.5 cm³/mol. The number of carbonyl (C=O) groups excluding carboxylic acids is 1. The van der Waals surface area contributed by atoms with Gasteiger partial charge in [-0.2, -0.15) is 0 Å². The second-order valence-corrected chi connectivity index (χ2v) is 5.19. The van der Waals surface area contributed by atoms with Crippen LogP contribution in [0, 0.1) is 0 Å². The van der Waals surface area contributed by atoms with Crippen LogP contribution >= 0.6 is 15.9 Å². The van der Waals surface area contributed by atoms with E-state index in [1.807, 2.05) is 6.07 Å². The molecule has 4 heteroatoms. The monoisotopic (exact) mass is 298 g/mol. The molecule has 92 valence electrons. The van der Waals surface area contributed by atoms with Gasteiger partial charge in [0.05, 0.1) is 19.0 Å². The van der Waals surface area contributed by atoms with Gasteiger partial charge in [0.25, 0.3) is 0 Å². The lowest BCUT2D eigenvalue weighted by Crippen LogP contribution is -2.13. The van der Waals surface area contributed by atoms with E-state index in [1.54, 1.807) is 20.3 Å². The quantitative estimate of drug-likeness (QED) is 0.622. The summed E-state index contributed by atoms with van der Waals surface area (Å²) >= 11 is 3.43. The second-order valence-electron chi connectivity index (χ2n) is 4.09. The van der Waals surface area contributed by atoms with Crippen LogP contribution in [0.5, 0.6) is 11.5 Å². The number of ether oxygens (including phenoxy) is 2. The Labute approximate surface area is 109 Å². The van der Waals surface area contributed by atoms with Gasteiger partial charge in [-0.3, -0.25) is 4.79 Å². The van der Waals surface area contributed by atoms with Crippen molar-refractivity contribution in [1.29, 1.82) is 0 Å². The van der Waals surface area contributed by atoms with Gasteiger partial charge < -0.3 is 9.47 Å². The van der Waals surface area contributed by atoms with Crippen molar-refractivity contribution in [1.82, 2.24) is 0 Å². The van der Waals surface area contributed by atoms with E-state index >= 15 is 0 Å². The first kappa shape index (κ1) is 12.4. The molecule has 0 N–H and O–H groups in total. The average Bonchev–Trinajstić information content (AvgIpc) is 2.48. The number of aryl methyl sites for hydroxylation is 1. The maximum Gasteiger partial charge on any atom is 0.176 e. The zero-order valence-corrected chi connectivity index (χ0v) is 11.5. The highest BCUT2D eigenvalue weighted by Gasteiger charge is 2.25. The van der Waals surface area contributed by atoms with Gasteiger partial charge in [-0.05, 0) is 37.0 Å². The van der Waals surface area contributed by atoms with Crippen molar-refractivity contribution in [3.63, 3.8) is 0 Å². The number of Topliss-reactive ketones (excluding diaryl/α,β-unsaturated/α-hetero) is 1. The molecule has 3 nitrogen and oxygen atoms in total. The fraction of sp³-hybridized carbons (Fsp3) is 0.462. The molecule has 0 fully saturated rings. The molecular formula is C13H15BrO3. The minimum Gasteiger partial charge on any atom is -0.493 e. The molecule has 0 amide bonds. The molecule has 1 aliphatic rings. The summed E-state index contributed by atoms with van der Waals surface area (Å²) in [7, 11) is 3.19. The van der Waals surface area contributed by atoms with E-state index in [0.29, 0.717) is 11.5 Å². The van der Waals surface area contributed by atoms with Gasteiger partial charge in [0, 0.05) is 5.56 Å². The number of rotatable bonds is 2. The van der Waals surface area contributed by atoms with Crippen molar-refractivity contribution in [2.24, 2.45) is 0 Å². The highest BCUT2D eigenvalue weighted by atomic mass is 79.9. The van der Waals surface area contributed by atoms with E-state index < -0.39 is 0 Å². The van der Waals surface area contributed by atoms with Crippen LogP contribution < -0.4 is 9.47 Å². The van der Waals surface area contributed by atoms with Gasteiger partial charge >= 0.3 is 0 Å². The van der Waals surface area contributed by atoms with E-state index in [0.717, 1.165) is 30.4 Å². The molecule has 1 aliphatic carbocycles. The minimum absolute atomic E-state index is 0.0816. The number of hydrogen-bond donors (Lipinski definition) is 0. The van der Waals surface area contributed by atoms with Crippen LogP contribution in [-0.2, 0) is 6.42 Å². The molecule has 0 heterocycles. The van der Waals surface area contributed by atoms with E-state index in [4.69, 9.17) is 9.47 Å². The largest absolute Gasteiger partial charge is 0.493 e. The van der Waals surface area contributed by atoms with E-state index in [1.165, 1.54) is 0 Å². The molecule has 1 atom stereocenters. The highest BCUT2D eigenvalue weighted by Crippen LogP contribution is 2.34. The first-order valence-corrected chi connectivity index (χ1v) is 6.52. The van der Waals surface area contributed by atoms with E-state index in [2.05, 4.69) is 15.9 Å². The van der Waals surface area contributed by atoms with Crippen LogP contribution in [0.1, 0.15) is 28.8 Å². The van der Waals surface area contributed by atoms with Gasteiger partial charge in [0.2, 0.25) is 0 Å². The van der Waals surface area contributed by atoms with Gasteiger partial charge in [-0.25, -0.2) is 0 Å². The van der Waals surface area contributed by atoms with Crippen molar-refractivity contribution in [2.45, 2.75) is 24.1 Å². The van der Waals surface area contributed by atoms with E-state index in [9.17, 15) is 4.79 Å². The molecule has 0 spiro atoms. The zero-order chi connectivity index (χ0) is 12.4. The summed E-state index contributed by atoms with van der Waals surface area (Å²) in [6, 6.07) is 3.70. The summed E-state index contributed by atoms with van der Waals surface area (Å²) in [4.78, 5) is 12.1. The molecule has 17 heavy (non-hydrogen) atoms. The maximum absolute atomic E-state index is 12.2. The lowest BCUT2D eigenvalue weighted by molar-refractivity contribution is 0.0990. The molecule has 0 saturated carbocycles. The normalized spacial score (nSPS) is 19.5. The first-order chi connectivity index (χ1) is 8.17. The van der Waals surface area contributed by atoms with Crippen LogP contribution in [0.15, 0.2) is 12.1 Å². The van der Waals surface area contributed by atoms with Gasteiger partial charge in [-0.15, -0.1) is 0 Å². The molecule has 0 saturated heterocycles. The minimum atomic E-state index is -0.0816. The smallest absolute Gasteiger partial charge is 0.176 e. The topological polar surface area (TPSA) is 35.5 Å². The Morgan fingerprint density at radius 1 is 1.24 bits per heavy atom. The number of ketones is 1. The molecule has 1 unspecified atom stereocenters. The first-order valence-electron chi connectivity index (χ1n) is 5.60. The summed E-state index contributed by atoms with van der Waals surface area (Å²) < 4.78 is 10.5. The van der Waals surface area contributed by atoms with Crippen LogP contribution in [-0.4, -0.2) is 24.8 Å². The van der Waals surface area contributed by atoms with Crippen LogP contribution in [0.4, 0.5) is 0 Å². The molecule has 0 aromatic heterocycles. The lowest BCUT2D eigenvalue weighted by Gasteiger charge is -2.12. The predicted octanol–water partition coefficient (Wildman–Crippen LogP) is 2.99. The standard InChI is InChI=1S/C13H15BrO3/c1-16-11-6-8-4-3-5-10(14)13(15)9(8)7-12(11)17-2/h6-7,10H,3-5H2,1-2H3. The molecule has 1 aromatic carbocycles. The third-order valence-electron chi connectivity index (χ3n) is 3.06. The SMILES string of the molecule is COc1cc2c(cc1OC)C(=O)C(Br)CCC2. The number of benzene rings is 1. The zero-order valence-electron chi connectivity index (χ0n) is 9.96. The van der Waals surface area contributed by atoms with Crippen LogP contribution in [0.2, 0.25) is 0 Å².